The van der Waals surface area contributed by atoms with Crippen LogP contribution >= 0.6 is 23.2 Å². The minimum absolute atomic E-state index is 0.0452. The molecule has 1 saturated carbocycles. The molecule has 0 saturated heterocycles. The van der Waals surface area contributed by atoms with Gasteiger partial charge in [0.15, 0.2) is 11.5 Å². The molecule has 0 heterocycles. The smallest absolute Gasteiger partial charge is 0.433 e. The normalized spacial score (nSPS) is 15.2. The first-order valence-corrected chi connectivity index (χ1v) is 13.0. The highest BCUT2D eigenvalue weighted by Crippen LogP contribution is 2.32. The van der Waals surface area contributed by atoms with Crippen LogP contribution in [-0.4, -0.2) is 48.2 Å². The molecule has 6 nitrogen and oxygen atoms in total. The number of carbonyl (C=O) groups is 2. The fourth-order valence-corrected chi connectivity index (χ4v) is 5.05. The standard InChI is InChI=1S/C27H26Cl2F5N3O3/c1-40-23-10-16(28)9-21(29)24(23)22(38)14-37(13-15-7-17(30)11-18(31)8-15)26(39)20(12-35)25(27(32,33)34)36-19-5-3-2-4-6-19/h7-12,19H,2-6,13-14,35H2,1H3. The molecule has 0 atom stereocenters. The number of amides is 1. The number of nitrogens with two attached hydrogens (primary N) is 1. The van der Waals surface area contributed by atoms with E-state index in [0.717, 1.165) is 18.6 Å². The van der Waals surface area contributed by atoms with Crippen molar-refractivity contribution in [3.63, 3.8) is 0 Å². The molecule has 1 aliphatic carbocycles. The second-order valence-electron chi connectivity index (χ2n) is 9.17. The van der Waals surface area contributed by atoms with Gasteiger partial charge < -0.3 is 15.4 Å². The molecule has 0 unspecified atom stereocenters. The SMILES string of the molecule is COc1cc(Cl)cc(Cl)c1C(=O)CN(Cc1cc(F)cc(F)c1)C(=O)C(=CN)C(=NC1CCCCC1)C(F)(F)F. The second-order valence-corrected chi connectivity index (χ2v) is 10.0. The molecule has 0 bridgehead atoms. The number of rotatable bonds is 9. The van der Waals surface area contributed by atoms with Gasteiger partial charge in [-0.25, -0.2) is 8.78 Å². The maximum atomic E-state index is 14.2. The number of alkyl halides is 3. The van der Waals surface area contributed by atoms with Gasteiger partial charge in [0.1, 0.15) is 17.4 Å². The van der Waals surface area contributed by atoms with Gasteiger partial charge in [0.05, 0.1) is 35.9 Å². The topological polar surface area (TPSA) is 85.0 Å². The van der Waals surface area contributed by atoms with E-state index in [9.17, 15) is 31.5 Å². The first-order valence-electron chi connectivity index (χ1n) is 12.2. The summed E-state index contributed by atoms with van der Waals surface area (Å²) in [5.74, 6) is -4.17. The Morgan fingerprint density at radius 2 is 1.70 bits per heavy atom. The van der Waals surface area contributed by atoms with Gasteiger partial charge in [0.2, 0.25) is 0 Å². The average molecular weight is 606 g/mol. The molecular weight excluding hydrogens is 580 g/mol. The third-order valence-corrected chi connectivity index (χ3v) is 6.76. The van der Waals surface area contributed by atoms with E-state index >= 15 is 0 Å². The van der Waals surface area contributed by atoms with E-state index in [-0.39, 0.29) is 26.9 Å². The van der Waals surface area contributed by atoms with Gasteiger partial charge >= 0.3 is 6.18 Å². The summed E-state index contributed by atoms with van der Waals surface area (Å²) in [7, 11) is 1.24. The predicted octanol–water partition coefficient (Wildman–Crippen LogP) is 6.67. The number of nitrogens with zero attached hydrogens (tertiary/aromatic N) is 2. The first-order chi connectivity index (χ1) is 18.8. The van der Waals surface area contributed by atoms with Gasteiger partial charge in [-0.15, -0.1) is 0 Å². The molecule has 2 N–H and O–H groups in total. The van der Waals surface area contributed by atoms with Crippen LogP contribution in [0.4, 0.5) is 22.0 Å². The summed E-state index contributed by atoms with van der Waals surface area (Å²) >= 11 is 12.2. The molecule has 1 amide bonds. The Kier molecular flexibility index (Phi) is 10.5. The highest BCUT2D eigenvalue weighted by molar-refractivity contribution is 6.37. The van der Waals surface area contributed by atoms with Crippen molar-refractivity contribution in [3.05, 3.63) is 74.9 Å². The Morgan fingerprint density at radius 3 is 2.25 bits per heavy atom. The van der Waals surface area contributed by atoms with E-state index < -0.39 is 59.9 Å². The number of Topliss-reactive ketones (excluding diaryl/α,β-unsaturated/α-hetero) is 1. The van der Waals surface area contributed by atoms with Gasteiger partial charge in [0, 0.05) is 23.8 Å². The average Bonchev–Trinajstić information content (AvgIpc) is 2.86. The summed E-state index contributed by atoms with van der Waals surface area (Å²) in [6.45, 7) is -1.49. The Bertz CT molecular complexity index is 1300. The molecule has 0 spiro atoms. The molecule has 2 aromatic carbocycles. The quantitative estimate of drug-likeness (QED) is 0.150. The number of ketones is 1. The highest BCUT2D eigenvalue weighted by Gasteiger charge is 2.42. The zero-order valence-corrected chi connectivity index (χ0v) is 22.8. The van der Waals surface area contributed by atoms with Crippen molar-refractivity contribution >= 4 is 40.6 Å². The molecule has 216 valence electrons. The molecule has 1 fully saturated rings. The van der Waals surface area contributed by atoms with Crippen LogP contribution in [0, 0.1) is 11.6 Å². The zero-order chi connectivity index (χ0) is 29.6. The van der Waals surface area contributed by atoms with Crippen LogP contribution in [0.3, 0.4) is 0 Å². The van der Waals surface area contributed by atoms with Crippen LogP contribution in [0.15, 0.2) is 47.1 Å². The minimum Gasteiger partial charge on any atom is -0.496 e. The summed E-state index contributed by atoms with van der Waals surface area (Å²) < 4.78 is 75.5. The van der Waals surface area contributed by atoms with Gasteiger partial charge in [-0.3, -0.25) is 14.6 Å². The summed E-state index contributed by atoms with van der Waals surface area (Å²) in [5.41, 5.74) is 2.73. The molecule has 1 aliphatic rings. The molecule has 2 aromatic rings. The van der Waals surface area contributed by atoms with Crippen molar-refractivity contribution in [2.24, 2.45) is 10.7 Å². The van der Waals surface area contributed by atoms with Gasteiger partial charge in [0.25, 0.3) is 5.91 Å². The number of halogens is 7. The van der Waals surface area contributed by atoms with Crippen molar-refractivity contribution < 1.29 is 36.3 Å². The molecule has 0 aliphatic heterocycles. The van der Waals surface area contributed by atoms with Crippen LogP contribution in [0.25, 0.3) is 0 Å². The largest absolute Gasteiger partial charge is 0.496 e. The highest BCUT2D eigenvalue weighted by atomic mass is 35.5. The second kappa shape index (κ2) is 13.5. The van der Waals surface area contributed by atoms with Crippen LogP contribution in [0.5, 0.6) is 5.75 Å². The fraction of sp³-hybridized carbons (Fsp3) is 0.370. The van der Waals surface area contributed by atoms with Crippen LogP contribution in [0.2, 0.25) is 10.0 Å². The minimum atomic E-state index is -5.05. The molecular formula is C27H26Cl2F5N3O3. The number of aliphatic imine (C=N–C) groups is 1. The molecule has 0 aromatic heterocycles. The lowest BCUT2D eigenvalue weighted by Gasteiger charge is -2.26. The number of ether oxygens (including phenoxy) is 1. The summed E-state index contributed by atoms with van der Waals surface area (Å²) in [5, 5.41) is 0.00615. The van der Waals surface area contributed by atoms with E-state index in [2.05, 4.69) is 4.99 Å². The van der Waals surface area contributed by atoms with Gasteiger partial charge in [-0.05, 0) is 42.7 Å². The Morgan fingerprint density at radius 1 is 1.07 bits per heavy atom. The third-order valence-electron chi connectivity index (χ3n) is 6.24. The monoisotopic (exact) mass is 605 g/mol. The number of hydrogen-bond acceptors (Lipinski definition) is 5. The zero-order valence-electron chi connectivity index (χ0n) is 21.3. The lowest BCUT2D eigenvalue weighted by molar-refractivity contribution is -0.127. The predicted molar refractivity (Wildman–Crippen MR) is 142 cm³/mol. The summed E-state index contributed by atoms with van der Waals surface area (Å²) in [4.78, 5) is 31.5. The van der Waals surface area contributed by atoms with Gasteiger partial charge in [-0.1, -0.05) is 42.5 Å². The van der Waals surface area contributed by atoms with E-state index in [4.69, 9.17) is 33.7 Å². The molecule has 0 radical (unpaired) electrons. The molecule has 3 rings (SSSR count). The van der Waals surface area contributed by atoms with Crippen LogP contribution < -0.4 is 10.5 Å². The Hall–Kier alpha value is -3.18. The lowest BCUT2D eigenvalue weighted by Crippen LogP contribution is -2.41. The van der Waals surface area contributed by atoms with Crippen molar-refractivity contribution in [3.8, 4) is 5.75 Å². The number of hydrogen-bond donors (Lipinski definition) is 1. The van der Waals surface area contributed by atoms with Crippen molar-refractivity contribution in [1.29, 1.82) is 0 Å². The van der Waals surface area contributed by atoms with Crippen molar-refractivity contribution in [2.45, 2.75) is 50.9 Å². The third kappa shape index (κ3) is 7.94. The van der Waals surface area contributed by atoms with Gasteiger partial charge in [-0.2, -0.15) is 13.2 Å². The number of carbonyl (C=O) groups excluding carboxylic acids is 2. The van der Waals surface area contributed by atoms with Crippen LogP contribution in [0.1, 0.15) is 48.0 Å². The van der Waals surface area contributed by atoms with Crippen LogP contribution in [-0.2, 0) is 11.3 Å². The summed E-state index contributed by atoms with van der Waals surface area (Å²) in [6.07, 6.45) is -1.54. The van der Waals surface area contributed by atoms with E-state index in [1.54, 1.807) is 0 Å². The summed E-state index contributed by atoms with van der Waals surface area (Å²) in [6, 6.07) is 4.22. The number of methoxy groups -OCH3 is 1. The van der Waals surface area contributed by atoms with Crippen molar-refractivity contribution in [2.75, 3.05) is 13.7 Å². The first kappa shape index (κ1) is 31.3. The lowest BCUT2D eigenvalue weighted by atomic mass is 9.95. The molecule has 40 heavy (non-hydrogen) atoms. The maximum Gasteiger partial charge on any atom is 0.433 e. The number of benzene rings is 2. The molecule has 13 heteroatoms. The Balaban J connectivity index is 2.06. The van der Waals surface area contributed by atoms with E-state index in [1.807, 2.05) is 0 Å². The van der Waals surface area contributed by atoms with E-state index in [1.165, 1.54) is 19.2 Å². The maximum absolute atomic E-state index is 14.2. The van der Waals surface area contributed by atoms with Crippen molar-refractivity contribution in [1.82, 2.24) is 4.90 Å². The fourth-order valence-electron chi connectivity index (χ4n) is 4.47. The Labute approximate surface area is 237 Å². The van der Waals surface area contributed by atoms with E-state index in [0.29, 0.717) is 42.8 Å².